The van der Waals surface area contributed by atoms with Gasteiger partial charge in [-0.15, -0.1) is 0 Å². The fourth-order valence-corrected chi connectivity index (χ4v) is 3.37. The van der Waals surface area contributed by atoms with Crippen LogP contribution in [0.3, 0.4) is 0 Å². The zero-order chi connectivity index (χ0) is 23.8. The number of aromatic nitrogens is 2. The first kappa shape index (κ1) is 22.8. The van der Waals surface area contributed by atoms with Crippen molar-refractivity contribution >= 4 is 11.6 Å². The van der Waals surface area contributed by atoms with Crippen molar-refractivity contribution < 1.29 is 14.3 Å². The lowest BCUT2D eigenvalue weighted by atomic mass is 10.1. The highest BCUT2D eigenvalue weighted by molar-refractivity contribution is 5.90. The van der Waals surface area contributed by atoms with Gasteiger partial charge in [-0.2, -0.15) is 5.10 Å². The minimum Gasteiger partial charge on any atom is -0.497 e. The molecule has 0 radical (unpaired) electrons. The number of nitrogens with zero attached hydrogens (tertiary/aromatic N) is 2. The van der Waals surface area contributed by atoms with Gasteiger partial charge in [-0.05, 0) is 73.2 Å². The predicted molar refractivity (Wildman–Crippen MR) is 131 cm³/mol. The van der Waals surface area contributed by atoms with E-state index in [1.165, 1.54) is 10.7 Å². The Hall–Kier alpha value is -4.39. The zero-order valence-electron chi connectivity index (χ0n) is 18.8. The fourth-order valence-electron chi connectivity index (χ4n) is 3.37. The lowest BCUT2D eigenvalue weighted by Gasteiger charge is -2.09. The molecule has 3 aromatic carbocycles. The van der Waals surface area contributed by atoms with Crippen LogP contribution in [-0.2, 0) is 11.3 Å². The number of hydrogen-bond acceptors (Lipinski definition) is 5. The van der Waals surface area contributed by atoms with Crippen LogP contribution in [0.2, 0.25) is 0 Å². The van der Waals surface area contributed by atoms with E-state index in [0.29, 0.717) is 30.1 Å². The van der Waals surface area contributed by atoms with Crippen LogP contribution in [0.4, 0.5) is 5.69 Å². The number of aryl methyl sites for hydroxylation is 1. The summed E-state index contributed by atoms with van der Waals surface area (Å²) in [5.74, 6) is 2.06. The van der Waals surface area contributed by atoms with E-state index in [1.54, 1.807) is 37.4 Å². The van der Waals surface area contributed by atoms with Crippen LogP contribution in [0, 0.1) is 0 Å². The van der Waals surface area contributed by atoms with Gasteiger partial charge in [0.25, 0.3) is 5.56 Å². The molecule has 0 aliphatic heterocycles. The number of nitrogens with one attached hydrogen (secondary N) is 1. The van der Waals surface area contributed by atoms with E-state index in [1.807, 2.05) is 54.6 Å². The third-order valence-corrected chi connectivity index (χ3v) is 5.14. The van der Waals surface area contributed by atoms with Gasteiger partial charge in [0, 0.05) is 30.3 Å². The molecule has 1 amide bonds. The summed E-state index contributed by atoms with van der Waals surface area (Å²) in [5.41, 5.74) is 2.05. The second kappa shape index (κ2) is 11.0. The molecule has 7 heteroatoms. The predicted octanol–water partition coefficient (Wildman–Crippen LogP) is 5.13. The maximum atomic E-state index is 12.4. The van der Waals surface area contributed by atoms with Crippen molar-refractivity contribution in [3.63, 3.8) is 0 Å². The Balaban J connectivity index is 1.29. The summed E-state index contributed by atoms with van der Waals surface area (Å²) < 4.78 is 12.3. The highest BCUT2D eigenvalue weighted by Crippen LogP contribution is 2.23. The molecule has 0 aliphatic rings. The van der Waals surface area contributed by atoms with Crippen LogP contribution in [0.1, 0.15) is 12.8 Å². The molecule has 0 aliphatic carbocycles. The van der Waals surface area contributed by atoms with Crippen molar-refractivity contribution in [2.24, 2.45) is 0 Å². The second-order valence-electron chi connectivity index (χ2n) is 7.60. The first-order valence-electron chi connectivity index (χ1n) is 11.0. The molecule has 0 bridgehead atoms. The number of rotatable bonds is 9. The van der Waals surface area contributed by atoms with Gasteiger partial charge in [-0.1, -0.05) is 18.2 Å². The average Bonchev–Trinajstić information content (AvgIpc) is 2.87. The summed E-state index contributed by atoms with van der Waals surface area (Å²) in [4.78, 5) is 24.6. The zero-order valence-corrected chi connectivity index (χ0v) is 18.8. The molecule has 1 aromatic heterocycles. The third kappa shape index (κ3) is 6.10. The van der Waals surface area contributed by atoms with Gasteiger partial charge >= 0.3 is 0 Å². The smallest absolute Gasteiger partial charge is 0.266 e. The van der Waals surface area contributed by atoms with Gasteiger partial charge < -0.3 is 14.8 Å². The Bertz CT molecular complexity index is 1280. The summed E-state index contributed by atoms with van der Waals surface area (Å²) in [6, 6.07) is 27.3. The van der Waals surface area contributed by atoms with Crippen molar-refractivity contribution in [2.75, 3.05) is 12.4 Å². The molecule has 4 aromatic rings. The van der Waals surface area contributed by atoms with E-state index in [9.17, 15) is 9.59 Å². The fraction of sp³-hybridized carbons (Fsp3) is 0.148. The Morgan fingerprint density at radius 3 is 2.24 bits per heavy atom. The Morgan fingerprint density at radius 1 is 0.853 bits per heavy atom. The van der Waals surface area contributed by atoms with E-state index in [2.05, 4.69) is 10.4 Å². The lowest BCUT2D eigenvalue weighted by Crippen LogP contribution is -2.23. The van der Waals surface area contributed by atoms with Crippen molar-refractivity contribution in [3.05, 3.63) is 101 Å². The normalized spacial score (nSPS) is 10.5. The number of para-hydroxylation sites is 1. The van der Waals surface area contributed by atoms with Gasteiger partial charge in [-0.3, -0.25) is 9.59 Å². The molecule has 0 atom stereocenters. The van der Waals surface area contributed by atoms with E-state index >= 15 is 0 Å². The summed E-state index contributed by atoms with van der Waals surface area (Å²) >= 11 is 0. The number of anilines is 1. The summed E-state index contributed by atoms with van der Waals surface area (Å²) in [5, 5.41) is 7.31. The van der Waals surface area contributed by atoms with Crippen molar-refractivity contribution in [2.45, 2.75) is 19.4 Å². The standard InChI is InChI=1S/C27H25N3O4/c1-33-22-13-9-20(10-14-22)25-17-18-27(32)30(29-25)19-5-8-26(31)28-21-11-15-24(16-12-21)34-23-6-3-2-4-7-23/h2-4,6-7,9-18H,5,8,19H2,1H3,(H,28,31). The first-order valence-corrected chi connectivity index (χ1v) is 11.0. The number of benzene rings is 3. The van der Waals surface area contributed by atoms with Crippen LogP contribution >= 0.6 is 0 Å². The first-order chi connectivity index (χ1) is 16.6. The van der Waals surface area contributed by atoms with Gasteiger partial charge in [0.05, 0.1) is 12.8 Å². The average molecular weight is 456 g/mol. The molecule has 0 saturated carbocycles. The summed E-state index contributed by atoms with van der Waals surface area (Å²) in [7, 11) is 1.61. The molecule has 0 fully saturated rings. The Labute approximate surface area is 197 Å². The second-order valence-corrected chi connectivity index (χ2v) is 7.60. The molecule has 0 spiro atoms. The van der Waals surface area contributed by atoms with Crippen molar-refractivity contribution in [1.29, 1.82) is 0 Å². The van der Waals surface area contributed by atoms with Crippen LogP contribution < -0.4 is 20.3 Å². The number of carbonyl (C=O) groups is 1. The lowest BCUT2D eigenvalue weighted by molar-refractivity contribution is -0.116. The topological polar surface area (TPSA) is 82.5 Å². The van der Waals surface area contributed by atoms with Gasteiger partial charge in [0.15, 0.2) is 0 Å². The highest BCUT2D eigenvalue weighted by Gasteiger charge is 2.07. The molecule has 0 saturated heterocycles. The van der Waals surface area contributed by atoms with E-state index < -0.39 is 0 Å². The molecular formula is C27H25N3O4. The molecule has 1 heterocycles. The van der Waals surface area contributed by atoms with Crippen molar-refractivity contribution in [1.82, 2.24) is 9.78 Å². The van der Waals surface area contributed by atoms with Crippen molar-refractivity contribution in [3.8, 4) is 28.5 Å². The molecular weight excluding hydrogens is 430 g/mol. The van der Waals surface area contributed by atoms with E-state index in [-0.39, 0.29) is 17.9 Å². The quantitative estimate of drug-likeness (QED) is 0.378. The summed E-state index contributed by atoms with van der Waals surface area (Å²) in [6.07, 6.45) is 0.753. The van der Waals surface area contributed by atoms with Crippen LogP contribution in [0.25, 0.3) is 11.3 Å². The molecule has 4 rings (SSSR count). The molecule has 7 nitrogen and oxygen atoms in total. The number of hydrogen-bond donors (Lipinski definition) is 1. The Kier molecular flexibility index (Phi) is 7.35. The third-order valence-electron chi connectivity index (χ3n) is 5.14. The minimum absolute atomic E-state index is 0.129. The van der Waals surface area contributed by atoms with E-state index in [4.69, 9.17) is 9.47 Å². The van der Waals surface area contributed by atoms with Crippen LogP contribution in [0.15, 0.2) is 95.8 Å². The molecule has 172 valence electrons. The monoisotopic (exact) mass is 455 g/mol. The number of methoxy groups -OCH3 is 1. The van der Waals surface area contributed by atoms with Crippen LogP contribution in [0.5, 0.6) is 17.2 Å². The van der Waals surface area contributed by atoms with Gasteiger partial charge in [0.1, 0.15) is 17.2 Å². The highest BCUT2D eigenvalue weighted by atomic mass is 16.5. The number of ether oxygens (including phenoxy) is 2. The minimum atomic E-state index is -0.202. The van der Waals surface area contributed by atoms with Gasteiger partial charge in [0.2, 0.25) is 5.91 Å². The largest absolute Gasteiger partial charge is 0.497 e. The van der Waals surface area contributed by atoms with E-state index in [0.717, 1.165) is 17.1 Å². The van der Waals surface area contributed by atoms with Crippen LogP contribution in [-0.4, -0.2) is 22.8 Å². The summed E-state index contributed by atoms with van der Waals surface area (Å²) in [6.45, 7) is 0.347. The molecule has 34 heavy (non-hydrogen) atoms. The molecule has 1 N–H and O–H groups in total. The Morgan fingerprint density at radius 2 is 1.53 bits per heavy atom. The maximum absolute atomic E-state index is 12.4. The maximum Gasteiger partial charge on any atom is 0.266 e. The number of carbonyl (C=O) groups excluding carboxylic acids is 1. The number of amides is 1. The van der Waals surface area contributed by atoms with Gasteiger partial charge in [-0.25, -0.2) is 4.68 Å². The SMILES string of the molecule is COc1ccc(-c2ccc(=O)n(CCCC(=O)Nc3ccc(Oc4ccccc4)cc3)n2)cc1. The molecule has 0 unspecified atom stereocenters.